The summed E-state index contributed by atoms with van der Waals surface area (Å²) in [6.07, 6.45) is 4.33. The Morgan fingerprint density at radius 1 is 1.03 bits per heavy atom. The van der Waals surface area contributed by atoms with Gasteiger partial charge in [-0.2, -0.15) is 0 Å². The predicted octanol–water partition coefficient (Wildman–Crippen LogP) is 6.25. The summed E-state index contributed by atoms with van der Waals surface area (Å²) in [5.41, 5.74) is 7.05. The van der Waals surface area contributed by atoms with E-state index in [0.717, 1.165) is 45.3 Å². The zero-order valence-corrected chi connectivity index (χ0v) is 21.3. The molecule has 2 heterocycles. The van der Waals surface area contributed by atoms with E-state index < -0.39 is 0 Å². The number of phenolic OH excluding ortho intramolecular Hbond substituents is 1. The molecule has 3 aromatic carbocycles. The minimum Gasteiger partial charge on any atom is -0.508 e. The zero-order chi connectivity index (χ0) is 23.3. The van der Waals surface area contributed by atoms with Crippen LogP contribution in [0.5, 0.6) is 5.75 Å². The van der Waals surface area contributed by atoms with Crippen LogP contribution < -0.4 is 0 Å². The second kappa shape index (κ2) is 8.58. The Morgan fingerprint density at radius 3 is 2.68 bits per heavy atom. The van der Waals surface area contributed by atoms with E-state index in [0.29, 0.717) is 11.7 Å². The largest absolute Gasteiger partial charge is 0.508 e. The van der Waals surface area contributed by atoms with Crippen LogP contribution in [0.3, 0.4) is 0 Å². The summed E-state index contributed by atoms with van der Waals surface area (Å²) >= 11 is 3.81. The van der Waals surface area contributed by atoms with E-state index in [1.807, 2.05) is 12.1 Å². The Hall–Kier alpha value is -2.56. The highest BCUT2D eigenvalue weighted by Gasteiger charge is 2.48. The number of para-hydroxylation sites is 1. The van der Waals surface area contributed by atoms with Gasteiger partial charge >= 0.3 is 0 Å². The van der Waals surface area contributed by atoms with Gasteiger partial charge in [0.25, 0.3) is 0 Å². The monoisotopic (exact) mass is 514 g/mol. The summed E-state index contributed by atoms with van der Waals surface area (Å²) in [5.74, 6) is 0.902. The van der Waals surface area contributed by atoms with Crippen molar-refractivity contribution in [3.63, 3.8) is 0 Å². The fourth-order valence-corrected chi connectivity index (χ4v) is 7.29. The summed E-state index contributed by atoms with van der Waals surface area (Å²) in [7, 11) is 2.22. The number of benzene rings is 3. The van der Waals surface area contributed by atoms with Crippen LogP contribution in [0, 0.1) is 5.92 Å². The molecule has 174 valence electrons. The Morgan fingerprint density at radius 2 is 1.85 bits per heavy atom. The second-order valence-corrected chi connectivity index (χ2v) is 11.0. The van der Waals surface area contributed by atoms with Gasteiger partial charge in [0.1, 0.15) is 5.75 Å². The lowest BCUT2D eigenvalue weighted by Crippen LogP contribution is -2.54. The third-order valence-corrected chi connectivity index (χ3v) is 9.09. The fourth-order valence-electron chi connectivity index (χ4n) is 6.66. The van der Waals surface area contributed by atoms with Crippen LogP contribution in [-0.4, -0.2) is 34.2 Å². The summed E-state index contributed by atoms with van der Waals surface area (Å²) in [6, 6.07) is 25.5. The molecule has 34 heavy (non-hydrogen) atoms. The summed E-state index contributed by atoms with van der Waals surface area (Å²) in [6.45, 7) is 3.30. The van der Waals surface area contributed by atoms with Crippen molar-refractivity contribution in [2.24, 2.45) is 13.0 Å². The van der Waals surface area contributed by atoms with Crippen molar-refractivity contribution in [1.29, 1.82) is 0 Å². The molecule has 1 aliphatic heterocycles. The van der Waals surface area contributed by atoms with Crippen LogP contribution >= 0.6 is 15.9 Å². The smallest absolute Gasteiger partial charge is 0.115 e. The summed E-state index contributed by atoms with van der Waals surface area (Å²) < 4.78 is 3.58. The van der Waals surface area contributed by atoms with Crippen LogP contribution in [-0.2, 0) is 31.7 Å². The lowest BCUT2D eigenvalue weighted by Gasteiger charge is -2.51. The molecule has 1 fully saturated rings. The highest BCUT2D eigenvalue weighted by molar-refractivity contribution is 9.10. The minimum absolute atomic E-state index is 0.0591. The summed E-state index contributed by atoms with van der Waals surface area (Å²) in [5, 5.41) is 11.8. The quantitative estimate of drug-likeness (QED) is 0.348. The molecule has 1 aromatic heterocycles. The average molecular weight is 515 g/mol. The highest BCUT2D eigenvalue weighted by atomic mass is 79.9. The normalized spacial score (nSPS) is 22.5. The van der Waals surface area contributed by atoms with Crippen molar-refractivity contribution in [3.8, 4) is 5.75 Å². The van der Waals surface area contributed by atoms with Gasteiger partial charge in [0, 0.05) is 41.1 Å². The zero-order valence-electron chi connectivity index (χ0n) is 19.7. The topological polar surface area (TPSA) is 28.4 Å². The van der Waals surface area contributed by atoms with Gasteiger partial charge in [-0.05, 0) is 89.0 Å². The van der Waals surface area contributed by atoms with Gasteiger partial charge in [0.2, 0.25) is 0 Å². The Kier molecular flexibility index (Phi) is 5.54. The first-order valence-corrected chi connectivity index (χ1v) is 13.1. The lowest BCUT2D eigenvalue weighted by atomic mass is 9.58. The standard InChI is InChI=1S/C30H31BrN2O/c1-32-28-19-30(22-9-5-10-24(34)17-22)14-16-33(15-13-21-7-3-2-4-8-21)20-23(30)18-26(28)25-11-6-12-27(31)29(25)32/h2-12,17,23,34H,13-16,18-20H2,1H3. The Labute approximate surface area is 210 Å². The van der Waals surface area contributed by atoms with E-state index in [9.17, 15) is 5.11 Å². The number of aromatic nitrogens is 1. The van der Waals surface area contributed by atoms with Crippen molar-refractivity contribution in [2.75, 3.05) is 19.6 Å². The molecule has 1 saturated heterocycles. The van der Waals surface area contributed by atoms with E-state index >= 15 is 0 Å². The van der Waals surface area contributed by atoms with Crippen molar-refractivity contribution in [1.82, 2.24) is 9.47 Å². The first-order chi connectivity index (χ1) is 16.5. The Balaban J connectivity index is 1.39. The van der Waals surface area contributed by atoms with E-state index in [4.69, 9.17) is 0 Å². The molecule has 0 spiro atoms. The molecule has 3 nitrogen and oxygen atoms in total. The highest BCUT2D eigenvalue weighted by Crippen LogP contribution is 2.50. The molecular formula is C30H31BrN2O. The molecule has 0 bridgehead atoms. The van der Waals surface area contributed by atoms with Crippen molar-refractivity contribution in [3.05, 3.63) is 99.7 Å². The first kappa shape index (κ1) is 21.9. The second-order valence-electron chi connectivity index (χ2n) is 10.2. The van der Waals surface area contributed by atoms with Gasteiger partial charge in [0.05, 0.1) is 5.52 Å². The van der Waals surface area contributed by atoms with E-state index in [2.05, 4.69) is 87.0 Å². The van der Waals surface area contributed by atoms with Gasteiger partial charge in [-0.3, -0.25) is 0 Å². The molecule has 0 radical (unpaired) electrons. The summed E-state index contributed by atoms with van der Waals surface area (Å²) in [4.78, 5) is 2.67. The number of halogens is 1. The average Bonchev–Trinajstić information content (AvgIpc) is 3.13. The van der Waals surface area contributed by atoms with E-state index in [-0.39, 0.29) is 5.41 Å². The number of hydrogen-bond donors (Lipinski definition) is 1. The van der Waals surface area contributed by atoms with Gasteiger partial charge in [-0.1, -0.05) is 54.6 Å². The molecule has 2 aliphatic rings. The number of hydrogen-bond acceptors (Lipinski definition) is 2. The van der Waals surface area contributed by atoms with Crippen LogP contribution in [0.25, 0.3) is 10.9 Å². The van der Waals surface area contributed by atoms with Crippen LogP contribution in [0.1, 0.15) is 28.8 Å². The molecular weight excluding hydrogens is 484 g/mol. The molecule has 4 heteroatoms. The number of phenols is 1. The molecule has 1 N–H and O–H groups in total. The van der Waals surface area contributed by atoms with Crippen molar-refractivity contribution in [2.45, 2.75) is 31.1 Å². The van der Waals surface area contributed by atoms with Crippen LogP contribution in [0.4, 0.5) is 0 Å². The van der Waals surface area contributed by atoms with E-state index in [1.165, 1.54) is 37.8 Å². The van der Waals surface area contributed by atoms with Gasteiger partial charge < -0.3 is 14.6 Å². The number of nitrogens with zero attached hydrogens (tertiary/aromatic N) is 2. The maximum Gasteiger partial charge on any atom is 0.115 e. The molecule has 6 rings (SSSR count). The number of piperidine rings is 1. The third kappa shape index (κ3) is 3.59. The number of likely N-dealkylation sites (tertiary alicyclic amines) is 1. The number of rotatable bonds is 4. The van der Waals surface area contributed by atoms with E-state index in [1.54, 1.807) is 6.07 Å². The minimum atomic E-state index is 0.0591. The van der Waals surface area contributed by atoms with Crippen LogP contribution in [0.2, 0.25) is 0 Å². The van der Waals surface area contributed by atoms with Gasteiger partial charge in [0.15, 0.2) is 0 Å². The molecule has 4 aromatic rings. The number of aryl methyl sites for hydroxylation is 1. The first-order valence-electron chi connectivity index (χ1n) is 12.4. The SMILES string of the molecule is Cn1c2c(c3cccc(Br)c31)CC1CN(CCc3ccccc3)CCC1(c1cccc(O)c1)C2. The van der Waals surface area contributed by atoms with Crippen LogP contribution in [0.15, 0.2) is 77.3 Å². The lowest BCUT2D eigenvalue weighted by molar-refractivity contribution is 0.0815. The fraction of sp³-hybridized carbons (Fsp3) is 0.333. The Bertz CT molecular complexity index is 1340. The van der Waals surface area contributed by atoms with Crippen molar-refractivity contribution < 1.29 is 5.11 Å². The third-order valence-electron chi connectivity index (χ3n) is 8.45. The predicted molar refractivity (Wildman–Crippen MR) is 143 cm³/mol. The molecule has 0 amide bonds. The molecule has 1 aliphatic carbocycles. The number of aromatic hydroxyl groups is 1. The van der Waals surface area contributed by atoms with Gasteiger partial charge in [-0.15, -0.1) is 0 Å². The van der Waals surface area contributed by atoms with Gasteiger partial charge in [-0.25, -0.2) is 0 Å². The molecule has 2 atom stereocenters. The maximum absolute atomic E-state index is 10.4. The molecule has 2 unspecified atom stereocenters. The molecule has 0 saturated carbocycles. The maximum atomic E-state index is 10.4. The number of fused-ring (bicyclic) bond motifs is 4. The van der Waals surface area contributed by atoms with Crippen molar-refractivity contribution >= 4 is 26.8 Å².